The number of benzene rings is 1. The second kappa shape index (κ2) is 5.93. The summed E-state index contributed by atoms with van der Waals surface area (Å²) in [6.45, 7) is 6.99. The Bertz CT molecular complexity index is 583. The van der Waals surface area contributed by atoms with Gasteiger partial charge < -0.3 is 15.0 Å². The summed E-state index contributed by atoms with van der Waals surface area (Å²) in [4.78, 5) is 0. The molecule has 1 aliphatic rings. The van der Waals surface area contributed by atoms with E-state index >= 15 is 0 Å². The second-order valence-corrected chi connectivity index (χ2v) is 6.62. The lowest BCUT2D eigenvalue weighted by atomic mass is 9.82. The van der Waals surface area contributed by atoms with Crippen LogP contribution >= 0.6 is 11.6 Å². The van der Waals surface area contributed by atoms with Crippen molar-refractivity contribution in [2.24, 2.45) is 5.73 Å². The minimum atomic E-state index is -1.24. The van der Waals surface area contributed by atoms with Crippen LogP contribution in [0.4, 0.5) is 8.78 Å². The Morgan fingerprint density at radius 2 is 1.77 bits per heavy atom. The Hall–Kier alpha value is -0.945. The number of nitrogens with two attached hydrogens (primary N) is 1. The first-order valence-electron chi connectivity index (χ1n) is 6.99. The molecule has 1 fully saturated rings. The quantitative estimate of drug-likeness (QED) is 0.859. The van der Waals surface area contributed by atoms with E-state index in [2.05, 4.69) is 0 Å². The van der Waals surface area contributed by atoms with E-state index in [4.69, 9.17) is 26.6 Å². The van der Waals surface area contributed by atoms with Crippen molar-refractivity contribution in [3.63, 3.8) is 0 Å². The van der Waals surface area contributed by atoms with Gasteiger partial charge in [0.15, 0.2) is 0 Å². The van der Waals surface area contributed by atoms with E-state index in [1.54, 1.807) is 27.7 Å². The SMILES string of the molecule is CC1(C)OB(C(F)=C(CN)c2c(F)cccc2Cl)OC1(C)C. The molecule has 1 aliphatic heterocycles. The summed E-state index contributed by atoms with van der Waals surface area (Å²) in [5, 5.41) is 0.0899. The average Bonchev–Trinajstić information content (AvgIpc) is 2.62. The Labute approximate surface area is 134 Å². The molecule has 22 heavy (non-hydrogen) atoms. The van der Waals surface area contributed by atoms with Crippen molar-refractivity contribution in [3.8, 4) is 0 Å². The first kappa shape index (κ1) is 17.4. The molecule has 120 valence electrons. The number of rotatable bonds is 3. The van der Waals surface area contributed by atoms with Crippen LogP contribution in [0.3, 0.4) is 0 Å². The van der Waals surface area contributed by atoms with Gasteiger partial charge in [0.05, 0.1) is 16.2 Å². The fraction of sp³-hybridized carbons (Fsp3) is 0.467. The van der Waals surface area contributed by atoms with Gasteiger partial charge in [0.2, 0.25) is 0 Å². The Morgan fingerprint density at radius 3 is 2.23 bits per heavy atom. The third-order valence-electron chi connectivity index (χ3n) is 4.22. The zero-order valence-electron chi connectivity index (χ0n) is 13.0. The van der Waals surface area contributed by atoms with Gasteiger partial charge in [-0.05, 0) is 39.8 Å². The molecule has 0 bridgehead atoms. The fourth-order valence-corrected chi connectivity index (χ4v) is 2.47. The van der Waals surface area contributed by atoms with Crippen molar-refractivity contribution in [2.45, 2.75) is 38.9 Å². The van der Waals surface area contributed by atoms with Gasteiger partial charge in [-0.15, -0.1) is 0 Å². The van der Waals surface area contributed by atoms with Crippen molar-refractivity contribution < 1.29 is 18.1 Å². The van der Waals surface area contributed by atoms with Crippen LogP contribution in [0.25, 0.3) is 5.57 Å². The molecule has 0 radical (unpaired) electrons. The fourth-order valence-electron chi connectivity index (χ4n) is 2.19. The lowest BCUT2D eigenvalue weighted by Crippen LogP contribution is -2.41. The Morgan fingerprint density at radius 1 is 1.23 bits per heavy atom. The van der Waals surface area contributed by atoms with Gasteiger partial charge >= 0.3 is 7.12 Å². The maximum Gasteiger partial charge on any atom is 0.525 e. The zero-order chi connectivity index (χ0) is 16.7. The van der Waals surface area contributed by atoms with E-state index in [0.717, 1.165) is 0 Å². The van der Waals surface area contributed by atoms with E-state index < -0.39 is 29.9 Å². The van der Waals surface area contributed by atoms with E-state index in [1.807, 2.05) is 0 Å². The van der Waals surface area contributed by atoms with Crippen LogP contribution < -0.4 is 5.73 Å². The lowest BCUT2D eigenvalue weighted by molar-refractivity contribution is 0.00578. The topological polar surface area (TPSA) is 44.5 Å². The van der Waals surface area contributed by atoms with Crippen LogP contribution in [0.2, 0.25) is 5.02 Å². The number of hydrogen-bond acceptors (Lipinski definition) is 3. The summed E-state index contributed by atoms with van der Waals surface area (Å²) in [5.41, 5.74) is 3.34. The minimum absolute atomic E-state index is 0.0541. The molecule has 3 nitrogen and oxygen atoms in total. The maximum absolute atomic E-state index is 14.8. The minimum Gasteiger partial charge on any atom is -0.398 e. The molecule has 1 aromatic rings. The van der Waals surface area contributed by atoms with Gasteiger partial charge in [-0.25, -0.2) is 8.78 Å². The Balaban J connectivity index is 2.48. The predicted molar refractivity (Wildman–Crippen MR) is 84.6 cm³/mol. The molecule has 0 atom stereocenters. The molecule has 0 aliphatic carbocycles. The van der Waals surface area contributed by atoms with Crippen LogP contribution in [-0.4, -0.2) is 24.9 Å². The Kier molecular flexibility index (Phi) is 4.69. The first-order valence-corrected chi connectivity index (χ1v) is 7.37. The molecule has 1 saturated heterocycles. The van der Waals surface area contributed by atoms with Crippen molar-refractivity contribution in [1.29, 1.82) is 0 Å². The monoisotopic (exact) mass is 329 g/mol. The maximum atomic E-state index is 14.8. The molecular formula is C15H19BClF2NO2. The van der Waals surface area contributed by atoms with Crippen LogP contribution in [0.1, 0.15) is 33.3 Å². The lowest BCUT2D eigenvalue weighted by Gasteiger charge is -2.32. The number of halogens is 3. The van der Waals surface area contributed by atoms with Crippen LogP contribution in [0, 0.1) is 5.82 Å². The molecular weight excluding hydrogens is 310 g/mol. The van der Waals surface area contributed by atoms with E-state index in [9.17, 15) is 8.78 Å². The summed E-state index contributed by atoms with van der Waals surface area (Å²) in [7, 11) is -1.24. The third kappa shape index (κ3) is 2.93. The molecule has 0 amide bonds. The van der Waals surface area contributed by atoms with Crippen molar-refractivity contribution in [3.05, 3.63) is 40.3 Å². The molecule has 2 rings (SSSR count). The third-order valence-corrected chi connectivity index (χ3v) is 4.53. The number of hydrogen-bond donors (Lipinski definition) is 1. The molecule has 1 aromatic carbocycles. The smallest absolute Gasteiger partial charge is 0.398 e. The van der Waals surface area contributed by atoms with Crippen molar-refractivity contribution >= 4 is 24.3 Å². The average molecular weight is 330 g/mol. The van der Waals surface area contributed by atoms with Crippen LogP contribution in [-0.2, 0) is 9.31 Å². The zero-order valence-corrected chi connectivity index (χ0v) is 13.8. The molecule has 7 heteroatoms. The summed E-state index contributed by atoms with van der Waals surface area (Å²) in [6, 6.07) is 4.13. The van der Waals surface area contributed by atoms with Gasteiger partial charge in [0.1, 0.15) is 11.5 Å². The summed E-state index contributed by atoms with van der Waals surface area (Å²) < 4.78 is 40.1. The predicted octanol–water partition coefficient (Wildman–Crippen LogP) is 3.75. The molecule has 0 unspecified atom stereocenters. The van der Waals surface area contributed by atoms with Gasteiger partial charge in [-0.1, -0.05) is 17.7 Å². The highest BCUT2D eigenvalue weighted by Gasteiger charge is 2.53. The largest absolute Gasteiger partial charge is 0.525 e. The highest BCUT2D eigenvalue weighted by molar-refractivity contribution is 6.55. The van der Waals surface area contributed by atoms with Gasteiger partial charge in [-0.2, -0.15) is 0 Å². The molecule has 0 aromatic heterocycles. The normalized spacial score (nSPS) is 21.0. The first-order chi connectivity index (χ1) is 10.1. The van der Waals surface area contributed by atoms with E-state index in [-0.39, 0.29) is 22.7 Å². The second-order valence-electron chi connectivity index (χ2n) is 6.22. The van der Waals surface area contributed by atoms with Gasteiger partial charge in [0.25, 0.3) is 0 Å². The van der Waals surface area contributed by atoms with E-state index in [0.29, 0.717) is 0 Å². The van der Waals surface area contributed by atoms with Gasteiger partial charge in [0, 0.05) is 17.7 Å². The van der Waals surface area contributed by atoms with Crippen LogP contribution in [0.5, 0.6) is 0 Å². The molecule has 0 saturated carbocycles. The van der Waals surface area contributed by atoms with Gasteiger partial charge in [-0.3, -0.25) is 0 Å². The summed E-state index contributed by atoms with van der Waals surface area (Å²) >= 11 is 5.99. The van der Waals surface area contributed by atoms with Crippen molar-refractivity contribution in [2.75, 3.05) is 6.54 Å². The highest BCUT2D eigenvalue weighted by atomic mass is 35.5. The molecule has 2 N–H and O–H groups in total. The highest BCUT2D eigenvalue weighted by Crippen LogP contribution is 2.40. The van der Waals surface area contributed by atoms with Crippen molar-refractivity contribution in [1.82, 2.24) is 0 Å². The van der Waals surface area contributed by atoms with Crippen LogP contribution in [0.15, 0.2) is 23.9 Å². The standard InChI is InChI=1S/C15H19BClF2NO2/c1-14(2)15(3,4)22-16(21-14)13(19)9(8-20)12-10(17)6-5-7-11(12)18/h5-7H,8,20H2,1-4H3. The molecule has 0 spiro atoms. The summed E-state index contributed by atoms with van der Waals surface area (Å²) in [6.07, 6.45) is 0. The summed E-state index contributed by atoms with van der Waals surface area (Å²) in [5.74, 6) is -0.639. The molecule has 1 heterocycles. The van der Waals surface area contributed by atoms with E-state index in [1.165, 1.54) is 18.2 Å².